The van der Waals surface area contributed by atoms with E-state index in [1.54, 1.807) is 45.2 Å². The van der Waals surface area contributed by atoms with Crippen molar-refractivity contribution < 1.29 is 14.3 Å². The van der Waals surface area contributed by atoms with Crippen LogP contribution < -0.4 is 10.1 Å². The number of nitrogens with zero attached hydrogens (tertiary/aromatic N) is 1. The molecule has 0 spiro atoms. The minimum Gasteiger partial charge on any atom is -0.478 e. The van der Waals surface area contributed by atoms with Gasteiger partial charge >= 0.3 is 0 Å². The SMILES string of the molecule is CCCNC(=O)CN(C)C(=O)C(C)(C)Oc1ccc(Cl)cc1. The number of amides is 2. The first kappa shape index (κ1) is 18.3. The monoisotopic (exact) mass is 326 g/mol. The van der Waals surface area contributed by atoms with E-state index in [-0.39, 0.29) is 18.4 Å². The van der Waals surface area contributed by atoms with Crippen molar-refractivity contribution in [1.82, 2.24) is 10.2 Å². The lowest BCUT2D eigenvalue weighted by molar-refractivity contribution is -0.146. The predicted molar refractivity (Wildman–Crippen MR) is 87.1 cm³/mol. The molecule has 6 heteroatoms. The largest absolute Gasteiger partial charge is 0.478 e. The zero-order valence-corrected chi connectivity index (χ0v) is 14.2. The standard InChI is InChI=1S/C16H23ClN2O3/c1-5-10-18-14(20)11-19(4)15(21)16(2,3)22-13-8-6-12(17)7-9-13/h6-9H,5,10-11H2,1-4H3,(H,18,20). The van der Waals surface area contributed by atoms with E-state index in [2.05, 4.69) is 5.32 Å². The third-order valence-electron chi connectivity index (χ3n) is 3.00. The Morgan fingerprint density at radius 3 is 2.41 bits per heavy atom. The molecule has 122 valence electrons. The van der Waals surface area contributed by atoms with Crippen LogP contribution in [-0.2, 0) is 9.59 Å². The van der Waals surface area contributed by atoms with Crippen molar-refractivity contribution in [2.75, 3.05) is 20.1 Å². The number of hydrogen-bond donors (Lipinski definition) is 1. The lowest BCUT2D eigenvalue weighted by Gasteiger charge is -2.29. The van der Waals surface area contributed by atoms with E-state index < -0.39 is 5.60 Å². The van der Waals surface area contributed by atoms with Gasteiger partial charge in [0.2, 0.25) is 5.91 Å². The van der Waals surface area contributed by atoms with Crippen molar-refractivity contribution >= 4 is 23.4 Å². The zero-order valence-electron chi connectivity index (χ0n) is 13.5. The molecule has 1 rings (SSSR count). The third kappa shape index (κ3) is 5.56. The average Bonchev–Trinajstić information content (AvgIpc) is 2.46. The quantitative estimate of drug-likeness (QED) is 0.837. The van der Waals surface area contributed by atoms with Crippen LogP contribution in [0.4, 0.5) is 0 Å². The summed E-state index contributed by atoms with van der Waals surface area (Å²) >= 11 is 5.82. The van der Waals surface area contributed by atoms with Gasteiger partial charge in [0.15, 0.2) is 5.60 Å². The van der Waals surface area contributed by atoms with Gasteiger partial charge in [-0.15, -0.1) is 0 Å². The van der Waals surface area contributed by atoms with Crippen LogP contribution in [0.15, 0.2) is 24.3 Å². The molecule has 0 unspecified atom stereocenters. The summed E-state index contributed by atoms with van der Waals surface area (Å²) in [5.41, 5.74) is -1.08. The molecule has 22 heavy (non-hydrogen) atoms. The Labute approximate surface area is 136 Å². The van der Waals surface area contributed by atoms with Crippen molar-refractivity contribution in [3.63, 3.8) is 0 Å². The van der Waals surface area contributed by atoms with E-state index in [4.69, 9.17) is 16.3 Å². The Morgan fingerprint density at radius 1 is 1.27 bits per heavy atom. The molecule has 0 aliphatic carbocycles. The van der Waals surface area contributed by atoms with Crippen molar-refractivity contribution in [3.05, 3.63) is 29.3 Å². The molecule has 1 aromatic carbocycles. The van der Waals surface area contributed by atoms with Gasteiger partial charge in [-0.2, -0.15) is 0 Å². The first-order valence-electron chi connectivity index (χ1n) is 7.23. The summed E-state index contributed by atoms with van der Waals surface area (Å²) in [6.45, 7) is 5.92. The van der Waals surface area contributed by atoms with Gasteiger partial charge in [-0.25, -0.2) is 0 Å². The van der Waals surface area contributed by atoms with Gasteiger partial charge in [0.25, 0.3) is 5.91 Å². The molecule has 0 aliphatic rings. The molecule has 0 aromatic heterocycles. The average molecular weight is 327 g/mol. The molecule has 0 radical (unpaired) electrons. The summed E-state index contributed by atoms with van der Waals surface area (Å²) in [7, 11) is 1.58. The molecule has 2 amide bonds. The highest BCUT2D eigenvalue weighted by molar-refractivity contribution is 6.30. The lowest BCUT2D eigenvalue weighted by atomic mass is 10.1. The van der Waals surface area contributed by atoms with E-state index in [0.717, 1.165) is 6.42 Å². The second kappa shape index (κ2) is 8.03. The summed E-state index contributed by atoms with van der Waals surface area (Å²) in [6.07, 6.45) is 0.856. The molecule has 5 nitrogen and oxygen atoms in total. The smallest absolute Gasteiger partial charge is 0.266 e. The minimum atomic E-state index is -1.08. The van der Waals surface area contributed by atoms with Crippen molar-refractivity contribution in [3.8, 4) is 5.75 Å². The Bertz CT molecular complexity index is 515. The highest BCUT2D eigenvalue weighted by Gasteiger charge is 2.33. The third-order valence-corrected chi connectivity index (χ3v) is 3.25. The van der Waals surface area contributed by atoms with Gasteiger partial charge in [-0.1, -0.05) is 18.5 Å². The first-order chi connectivity index (χ1) is 10.3. The molecule has 0 aliphatic heterocycles. The summed E-state index contributed by atoms with van der Waals surface area (Å²) < 4.78 is 5.72. The lowest BCUT2D eigenvalue weighted by Crippen LogP contribution is -2.50. The number of carbonyl (C=O) groups excluding carboxylic acids is 2. The maximum absolute atomic E-state index is 12.4. The molecule has 1 aromatic rings. The Hall–Kier alpha value is -1.75. The number of carbonyl (C=O) groups is 2. The number of likely N-dealkylation sites (N-methyl/N-ethyl adjacent to an activating group) is 1. The molecule has 0 heterocycles. The van der Waals surface area contributed by atoms with Gasteiger partial charge in [0.1, 0.15) is 5.75 Å². The topological polar surface area (TPSA) is 58.6 Å². The molecule has 1 N–H and O–H groups in total. The fraction of sp³-hybridized carbons (Fsp3) is 0.500. The summed E-state index contributed by atoms with van der Waals surface area (Å²) in [5, 5.41) is 3.34. The van der Waals surface area contributed by atoms with E-state index in [1.807, 2.05) is 6.92 Å². The molecular formula is C16H23ClN2O3. The van der Waals surface area contributed by atoms with Gasteiger partial charge < -0.3 is 15.0 Å². The van der Waals surface area contributed by atoms with E-state index >= 15 is 0 Å². The Balaban J connectivity index is 2.64. The van der Waals surface area contributed by atoms with Crippen molar-refractivity contribution in [2.24, 2.45) is 0 Å². The fourth-order valence-corrected chi connectivity index (χ4v) is 2.03. The minimum absolute atomic E-state index is 0.00619. The number of hydrogen-bond acceptors (Lipinski definition) is 3. The maximum atomic E-state index is 12.4. The highest BCUT2D eigenvalue weighted by Crippen LogP contribution is 2.22. The van der Waals surface area contributed by atoms with Gasteiger partial charge in [0.05, 0.1) is 6.54 Å². The molecule has 0 bridgehead atoms. The molecule has 0 atom stereocenters. The van der Waals surface area contributed by atoms with Crippen LogP contribution in [0.2, 0.25) is 5.02 Å². The summed E-state index contributed by atoms with van der Waals surface area (Å²) in [5.74, 6) is 0.0978. The van der Waals surface area contributed by atoms with E-state index in [1.165, 1.54) is 4.90 Å². The number of benzene rings is 1. The number of rotatable bonds is 7. The van der Waals surface area contributed by atoms with Crippen LogP contribution in [-0.4, -0.2) is 42.5 Å². The second-order valence-corrected chi connectivity index (χ2v) is 6.01. The van der Waals surface area contributed by atoms with Crippen molar-refractivity contribution in [1.29, 1.82) is 0 Å². The number of nitrogens with one attached hydrogen (secondary N) is 1. The van der Waals surface area contributed by atoms with Crippen LogP contribution in [0, 0.1) is 0 Å². The van der Waals surface area contributed by atoms with Crippen LogP contribution in [0.25, 0.3) is 0 Å². The first-order valence-corrected chi connectivity index (χ1v) is 7.61. The molecule has 0 saturated heterocycles. The Kier molecular flexibility index (Phi) is 6.68. The van der Waals surface area contributed by atoms with Gasteiger partial charge in [0, 0.05) is 18.6 Å². The predicted octanol–water partition coefficient (Wildman–Crippen LogP) is 2.48. The normalized spacial score (nSPS) is 11.0. The molecular weight excluding hydrogens is 304 g/mol. The molecule has 0 saturated carbocycles. The zero-order chi connectivity index (χ0) is 16.8. The summed E-state index contributed by atoms with van der Waals surface area (Å²) in [4.78, 5) is 25.5. The van der Waals surface area contributed by atoms with E-state index in [0.29, 0.717) is 17.3 Å². The van der Waals surface area contributed by atoms with Crippen LogP contribution in [0.1, 0.15) is 27.2 Å². The second-order valence-electron chi connectivity index (χ2n) is 5.58. The van der Waals surface area contributed by atoms with Crippen LogP contribution in [0.5, 0.6) is 5.75 Å². The fourth-order valence-electron chi connectivity index (χ4n) is 1.91. The van der Waals surface area contributed by atoms with Gasteiger partial charge in [-0.05, 0) is 44.5 Å². The molecule has 0 fully saturated rings. The van der Waals surface area contributed by atoms with Gasteiger partial charge in [-0.3, -0.25) is 9.59 Å². The maximum Gasteiger partial charge on any atom is 0.266 e. The van der Waals surface area contributed by atoms with Crippen LogP contribution in [0.3, 0.4) is 0 Å². The number of ether oxygens (including phenoxy) is 1. The highest BCUT2D eigenvalue weighted by atomic mass is 35.5. The van der Waals surface area contributed by atoms with Crippen LogP contribution >= 0.6 is 11.6 Å². The number of halogens is 1. The Morgan fingerprint density at radius 2 is 1.86 bits per heavy atom. The summed E-state index contributed by atoms with van der Waals surface area (Å²) in [6, 6.07) is 6.79. The van der Waals surface area contributed by atoms with Crippen molar-refractivity contribution in [2.45, 2.75) is 32.8 Å². The van der Waals surface area contributed by atoms with E-state index in [9.17, 15) is 9.59 Å².